The molecule has 1 aliphatic carbocycles. The molecule has 1 aromatic carbocycles. The minimum absolute atomic E-state index is 0.0532. The SMILES string of the molecule is N=Cc1c(NCc2ccc(S(N)(=O)=O)cc2)nc(Cl)nc1NC1CC1. The fraction of sp³-hybridized carbons (Fsp3) is 0.267. The Hall–Kier alpha value is -2.23. The third-order valence-electron chi connectivity index (χ3n) is 3.69. The van der Waals surface area contributed by atoms with Gasteiger partial charge in [-0.3, -0.25) is 0 Å². The number of halogens is 1. The lowest BCUT2D eigenvalue weighted by Gasteiger charge is -2.13. The molecule has 1 fully saturated rings. The van der Waals surface area contributed by atoms with Gasteiger partial charge in [0.2, 0.25) is 15.3 Å². The number of anilines is 2. The monoisotopic (exact) mass is 380 g/mol. The molecule has 0 spiro atoms. The van der Waals surface area contributed by atoms with Crippen LogP contribution >= 0.6 is 11.6 Å². The largest absolute Gasteiger partial charge is 0.367 e. The summed E-state index contributed by atoms with van der Waals surface area (Å²) in [6, 6.07) is 6.56. The maximum atomic E-state index is 11.3. The number of benzene rings is 1. The van der Waals surface area contributed by atoms with Crippen molar-refractivity contribution >= 4 is 39.5 Å². The van der Waals surface area contributed by atoms with Crippen LogP contribution in [0.5, 0.6) is 0 Å². The Balaban J connectivity index is 1.78. The van der Waals surface area contributed by atoms with Gasteiger partial charge in [-0.1, -0.05) is 12.1 Å². The average Bonchev–Trinajstić information content (AvgIpc) is 3.36. The molecule has 25 heavy (non-hydrogen) atoms. The maximum absolute atomic E-state index is 11.3. The molecule has 5 N–H and O–H groups in total. The van der Waals surface area contributed by atoms with Crippen molar-refractivity contribution in [1.82, 2.24) is 9.97 Å². The molecule has 0 amide bonds. The van der Waals surface area contributed by atoms with Gasteiger partial charge in [0.05, 0.1) is 10.5 Å². The van der Waals surface area contributed by atoms with Gasteiger partial charge < -0.3 is 16.0 Å². The molecule has 8 nitrogen and oxygen atoms in total. The zero-order valence-corrected chi connectivity index (χ0v) is 14.7. The number of hydrogen-bond donors (Lipinski definition) is 4. The van der Waals surface area contributed by atoms with Crippen molar-refractivity contribution < 1.29 is 8.42 Å². The molecule has 0 atom stereocenters. The summed E-state index contributed by atoms with van der Waals surface area (Å²) in [5, 5.41) is 19.1. The fourth-order valence-electron chi connectivity index (χ4n) is 2.23. The lowest BCUT2D eigenvalue weighted by Crippen LogP contribution is -2.13. The molecule has 0 radical (unpaired) electrons. The van der Waals surface area contributed by atoms with Crippen LogP contribution in [0.4, 0.5) is 11.6 Å². The Kier molecular flexibility index (Phi) is 4.89. The van der Waals surface area contributed by atoms with Gasteiger partial charge in [0.15, 0.2) is 0 Å². The van der Waals surface area contributed by atoms with Crippen LogP contribution in [0.2, 0.25) is 5.28 Å². The van der Waals surface area contributed by atoms with E-state index in [4.69, 9.17) is 22.1 Å². The maximum Gasteiger partial charge on any atom is 0.238 e. The van der Waals surface area contributed by atoms with Crippen molar-refractivity contribution in [2.45, 2.75) is 30.3 Å². The molecule has 1 aliphatic rings. The summed E-state index contributed by atoms with van der Waals surface area (Å²) in [5.74, 6) is 0.971. The van der Waals surface area contributed by atoms with Crippen LogP contribution in [-0.4, -0.2) is 30.6 Å². The summed E-state index contributed by atoms with van der Waals surface area (Å²) in [4.78, 5) is 8.34. The number of nitrogens with two attached hydrogens (primary N) is 1. The second-order valence-corrected chi connectivity index (χ2v) is 7.61. The van der Waals surface area contributed by atoms with Crippen LogP contribution in [-0.2, 0) is 16.6 Å². The predicted molar refractivity (Wildman–Crippen MR) is 96.7 cm³/mol. The molecular weight excluding hydrogens is 364 g/mol. The highest BCUT2D eigenvalue weighted by molar-refractivity contribution is 7.89. The van der Waals surface area contributed by atoms with E-state index in [2.05, 4.69) is 20.6 Å². The van der Waals surface area contributed by atoms with E-state index < -0.39 is 10.0 Å². The average molecular weight is 381 g/mol. The second kappa shape index (κ2) is 6.95. The van der Waals surface area contributed by atoms with E-state index in [1.54, 1.807) is 12.1 Å². The Morgan fingerprint density at radius 1 is 1.24 bits per heavy atom. The van der Waals surface area contributed by atoms with Gasteiger partial charge >= 0.3 is 0 Å². The summed E-state index contributed by atoms with van der Waals surface area (Å²) in [6.45, 7) is 0.377. The first-order valence-electron chi connectivity index (χ1n) is 7.57. The summed E-state index contributed by atoms with van der Waals surface area (Å²) < 4.78 is 22.5. The second-order valence-electron chi connectivity index (χ2n) is 5.71. The summed E-state index contributed by atoms with van der Waals surface area (Å²) in [7, 11) is -3.71. The molecule has 2 aromatic rings. The minimum Gasteiger partial charge on any atom is -0.367 e. The molecule has 0 aliphatic heterocycles. The number of aromatic nitrogens is 2. The van der Waals surface area contributed by atoms with Crippen molar-refractivity contribution in [1.29, 1.82) is 5.41 Å². The molecule has 10 heteroatoms. The van der Waals surface area contributed by atoms with Gasteiger partial charge in [-0.2, -0.15) is 9.97 Å². The van der Waals surface area contributed by atoms with Gasteiger partial charge in [-0.15, -0.1) is 0 Å². The Morgan fingerprint density at radius 2 is 1.88 bits per heavy atom. The van der Waals surface area contributed by atoms with Gasteiger partial charge in [-0.05, 0) is 42.1 Å². The number of nitrogens with zero attached hydrogens (tertiary/aromatic N) is 2. The third-order valence-corrected chi connectivity index (χ3v) is 4.79. The summed E-state index contributed by atoms with van der Waals surface area (Å²) >= 11 is 5.98. The first-order chi connectivity index (χ1) is 11.9. The van der Waals surface area contributed by atoms with Crippen molar-refractivity contribution in [3.8, 4) is 0 Å². The molecule has 1 heterocycles. The van der Waals surface area contributed by atoms with E-state index in [1.165, 1.54) is 18.3 Å². The van der Waals surface area contributed by atoms with Crippen LogP contribution in [0, 0.1) is 5.41 Å². The lowest BCUT2D eigenvalue weighted by molar-refractivity contribution is 0.598. The van der Waals surface area contributed by atoms with Crippen molar-refractivity contribution in [3.63, 3.8) is 0 Å². The van der Waals surface area contributed by atoms with E-state index in [1.807, 2.05) is 0 Å². The standard InChI is InChI=1S/C15H17ClN6O2S/c16-15-21-13(12(7-17)14(22-15)20-10-3-4-10)19-8-9-1-5-11(6-2-9)25(18,23)24/h1-2,5-7,10,17H,3-4,8H2,(H2,18,23,24)(H2,19,20,21,22). The number of rotatable bonds is 7. The molecular formula is C15H17ClN6O2S. The first kappa shape index (κ1) is 17.6. The van der Waals surface area contributed by atoms with E-state index in [9.17, 15) is 8.42 Å². The Labute approximate surface area is 150 Å². The molecule has 1 aromatic heterocycles. The van der Waals surface area contributed by atoms with Crippen LogP contribution < -0.4 is 15.8 Å². The van der Waals surface area contributed by atoms with E-state index in [0.717, 1.165) is 18.4 Å². The van der Waals surface area contributed by atoms with Gasteiger partial charge in [-0.25, -0.2) is 13.6 Å². The Bertz CT molecular complexity index is 897. The van der Waals surface area contributed by atoms with Crippen LogP contribution in [0.3, 0.4) is 0 Å². The number of hydrogen-bond acceptors (Lipinski definition) is 7. The zero-order chi connectivity index (χ0) is 18.0. The smallest absolute Gasteiger partial charge is 0.238 e. The van der Waals surface area contributed by atoms with Crippen LogP contribution in [0.25, 0.3) is 0 Å². The quantitative estimate of drug-likeness (QED) is 0.428. The van der Waals surface area contributed by atoms with Crippen molar-refractivity contribution in [3.05, 3.63) is 40.7 Å². The lowest BCUT2D eigenvalue weighted by atomic mass is 10.2. The highest BCUT2D eigenvalue weighted by Crippen LogP contribution is 2.28. The zero-order valence-electron chi connectivity index (χ0n) is 13.2. The van der Waals surface area contributed by atoms with E-state index >= 15 is 0 Å². The van der Waals surface area contributed by atoms with Crippen LogP contribution in [0.15, 0.2) is 29.2 Å². The summed E-state index contributed by atoms with van der Waals surface area (Å²) in [6.07, 6.45) is 3.31. The van der Waals surface area contributed by atoms with Crippen molar-refractivity contribution in [2.24, 2.45) is 5.14 Å². The first-order valence-corrected chi connectivity index (χ1v) is 9.49. The molecule has 3 rings (SSSR count). The van der Waals surface area contributed by atoms with Crippen LogP contribution in [0.1, 0.15) is 24.0 Å². The molecule has 0 saturated heterocycles. The topological polar surface area (TPSA) is 134 Å². The number of nitrogens with one attached hydrogen (secondary N) is 3. The minimum atomic E-state index is -3.71. The van der Waals surface area contributed by atoms with Crippen molar-refractivity contribution in [2.75, 3.05) is 10.6 Å². The highest BCUT2D eigenvalue weighted by Gasteiger charge is 2.24. The Morgan fingerprint density at radius 3 is 2.44 bits per heavy atom. The van der Waals surface area contributed by atoms with E-state index in [-0.39, 0.29) is 10.2 Å². The van der Waals surface area contributed by atoms with Gasteiger partial charge in [0, 0.05) is 18.8 Å². The fourth-order valence-corrected chi connectivity index (χ4v) is 2.91. The predicted octanol–water partition coefficient (Wildman–Crippen LogP) is 1.96. The summed E-state index contributed by atoms with van der Waals surface area (Å²) in [5.41, 5.74) is 1.35. The van der Waals surface area contributed by atoms with E-state index in [0.29, 0.717) is 29.8 Å². The molecule has 1 saturated carbocycles. The number of primary sulfonamides is 1. The molecule has 0 unspecified atom stereocenters. The molecule has 132 valence electrons. The van der Waals surface area contributed by atoms with Gasteiger partial charge in [0.25, 0.3) is 0 Å². The number of sulfonamides is 1. The third kappa shape index (κ3) is 4.44. The molecule has 0 bridgehead atoms. The normalized spacial score (nSPS) is 14.2. The highest BCUT2D eigenvalue weighted by atomic mass is 35.5. The van der Waals surface area contributed by atoms with Gasteiger partial charge in [0.1, 0.15) is 11.6 Å².